The van der Waals surface area contributed by atoms with Crippen molar-refractivity contribution in [1.29, 1.82) is 0 Å². The Kier molecular flexibility index (Phi) is 6.14. The molecule has 0 aliphatic carbocycles. The molecule has 5 nitrogen and oxygen atoms in total. The molecule has 0 atom stereocenters. The van der Waals surface area contributed by atoms with Gasteiger partial charge in [-0.25, -0.2) is 0 Å². The second-order valence-electron chi connectivity index (χ2n) is 8.34. The minimum Gasteiger partial charge on any atom is -0.506 e. The van der Waals surface area contributed by atoms with Gasteiger partial charge in [0, 0.05) is 43.8 Å². The van der Waals surface area contributed by atoms with Crippen molar-refractivity contribution in [2.24, 2.45) is 11.7 Å². The minimum atomic E-state index is 0.0536. The molecule has 4 rings (SSSR count). The van der Waals surface area contributed by atoms with Crippen molar-refractivity contribution in [2.75, 3.05) is 38.6 Å². The number of fused-ring (bicyclic) bond motifs is 1. The van der Waals surface area contributed by atoms with Crippen molar-refractivity contribution in [3.8, 4) is 16.9 Å². The topological polar surface area (TPSA) is 65.6 Å². The summed E-state index contributed by atoms with van der Waals surface area (Å²) in [6.07, 6.45) is 4.13. The van der Waals surface area contributed by atoms with E-state index in [1.807, 2.05) is 12.1 Å². The third-order valence-electron chi connectivity index (χ3n) is 5.91. The number of benzene rings is 2. The molecule has 0 bridgehead atoms. The monoisotopic (exact) mass is 423 g/mol. The second kappa shape index (κ2) is 8.80. The Morgan fingerprint density at radius 1 is 1.23 bits per heavy atom. The molecule has 1 saturated heterocycles. The molecule has 3 aromatic rings. The molecule has 0 unspecified atom stereocenters. The number of aromatic nitrogens is 1. The maximum absolute atomic E-state index is 9.95. The summed E-state index contributed by atoms with van der Waals surface area (Å²) in [6.45, 7) is 3.51. The van der Waals surface area contributed by atoms with Gasteiger partial charge in [-0.1, -0.05) is 17.7 Å². The number of nitrogens with zero attached hydrogens (tertiary/aromatic N) is 3. The van der Waals surface area contributed by atoms with Crippen LogP contribution in [0.25, 0.3) is 22.0 Å². The van der Waals surface area contributed by atoms with Gasteiger partial charge in [-0.05, 0) is 73.8 Å². The summed E-state index contributed by atoms with van der Waals surface area (Å²) < 4.78 is 0. The van der Waals surface area contributed by atoms with Crippen molar-refractivity contribution < 1.29 is 5.11 Å². The zero-order valence-electron chi connectivity index (χ0n) is 17.5. The predicted octanol–water partition coefficient (Wildman–Crippen LogP) is 4.30. The standard InChI is InChI=1S/C24H28ClN4O/c1-28(2)15-16-6-9-29(10-7-16)23-5-8-27-22-4-3-17(11-20(22)23)19-13-21(25)24(30)12-18(19)14-26/h3-4,8,11-13,16,30H,6-7,9-10,14-15,26H2,1-2H3. The first-order valence-corrected chi connectivity index (χ1v) is 10.8. The van der Waals surface area contributed by atoms with Crippen molar-refractivity contribution >= 4 is 28.2 Å². The molecule has 1 aromatic heterocycles. The van der Waals surface area contributed by atoms with Crippen molar-refractivity contribution in [3.05, 3.63) is 53.2 Å². The number of pyridine rings is 1. The molecule has 1 fully saturated rings. The lowest BCUT2D eigenvalue weighted by molar-refractivity contribution is 0.285. The van der Waals surface area contributed by atoms with E-state index in [2.05, 4.69) is 41.0 Å². The number of rotatable bonds is 5. The molecule has 0 amide bonds. The Bertz CT molecular complexity index is 1040. The van der Waals surface area contributed by atoms with Gasteiger partial charge < -0.3 is 20.6 Å². The SMILES string of the molecule is CN(C)CC1CCN(c2[c]cnc3ccc(-c4cc(Cl)c(O)cc4CN)cc23)CC1. The van der Waals surface area contributed by atoms with Crippen LogP contribution in [-0.2, 0) is 6.54 Å². The van der Waals surface area contributed by atoms with E-state index < -0.39 is 0 Å². The van der Waals surface area contributed by atoms with Crippen LogP contribution in [0.15, 0.2) is 36.5 Å². The van der Waals surface area contributed by atoms with Crippen LogP contribution in [0.1, 0.15) is 18.4 Å². The fourth-order valence-electron chi connectivity index (χ4n) is 4.41. The summed E-state index contributed by atoms with van der Waals surface area (Å²) >= 11 is 6.19. The van der Waals surface area contributed by atoms with E-state index in [0.717, 1.165) is 58.8 Å². The van der Waals surface area contributed by atoms with Crippen LogP contribution in [0.3, 0.4) is 0 Å². The van der Waals surface area contributed by atoms with E-state index in [9.17, 15) is 5.11 Å². The van der Waals surface area contributed by atoms with Crippen LogP contribution < -0.4 is 10.6 Å². The van der Waals surface area contributed by atoms with Gasteiger partial charge in [-0.15, -0.1) is 0 Å². The lowest BCUT2D eigenvalue weighted by Gasteiger charge is -2.35. The Morgan fingerprint density at radius 3 is 2.70 bits per heavy atom. The summed E-state index contributed by atoms with van der Waals surface area (Å²) in [5.41, 5.74) is 10.8. The first kappa shape index (κ1) is 20.9. The minimum absolute atomic E-state index is 0.0536. The number of anilines is 1. The van der Waals surface area contributed by atoms with Gasteiger partial charge in [0.1, 0.15) is 5.75 Å². The molecule has 0 saturated carbocycles. The Labute approximate surface area is 183 Å². The third kappa shape index (κ3) is 4.24. The zero-order valence-corrected chi connectivity index (χ0v) is 18.3. The predicted molar refractivity (Wildman–Crippen MR) is 124 cm³/mol. The fraction of sp³-hybridized carbons (Fsp3) is 0.375. The molecule has 0 spiro atoms. The van der Waals surface area contributed by atoms with E-state index >= 15 is 0 Å². The Balaban J connectivity index is 1.70. The van der Waals surface area contributed by atoms with E-state index in [1.165, 1.54) is 12.8 Å². The molecule has 1 aliphatic rings. The van der Waals surface area contributed by atoms with Gasteiger partial charge in [-0.3, -0.25) is 4.98 Å². The molecule has 1 aliphatic heterocycles. The first-order chi connectivity index (χ1) is 14.5. The van der Waals surface area contributed by atoms with Crippen LogP contribution in [-0.4, -0.2) is 48.7 Å². The molecular formula is C24H28ClN4O. The molecule has 2 aromatic carbocycles. The molecule has 1 radical (unpaired) electrons. The van der Waals surface area contributed by atoms with E-state index in [1.54, 1.807) is 18.3 Å². The summed E-state index contributed by atoms with van der Waals surface area (Å²) in [6, 6.07) is 13.0. The quantitative estimate of drug-likeness (QED) is 0.640. The van der Waals surface area contributed by atoms with Crippen LogP contribution in [0.5, 0.6) is 5.75 Å². The smallest absolute Gasteiger partial charge is 0.134 e. The molecule has 2 heterocycles. The summed E-state index contributed by atoms with van der Waals surface area (Å²) in [5.74, 6) is 0.795. The number of piperidine rings is 1. The van der Waals surface area contributed by atoms with Gasteiger partial charge in [0.15, 0.2) is 0 Å². The number of phenolic OH excluding ortho intramolecular Hbond substituents is 1. The lowest BCUT2D eigenvalue weighted by atomic mass is 9.94. The fourth-order valence-corrected chi connectivity index (χ4v) is 4.57. The molecular weight excluding hydrogens is 396 g/mol. The third-order valence-corrected chi connectivity index (χ3v) is 6.22. The van der Waals surface area contributed by atoms with Crippen molar-refractivity contribution in [1.82, 2.24) is 9.88 Å². The van der Waals surface area contributed by atoms with Crippen LogP contribution >= 0.6 is 11.6 Å². The zero-order chi connectivity index (χ0) is 21.3. The number of hydrogen-bond acceptors (Lipinski definition) is 5. The lowest BCUT2D eigenvalue weighted by Crippen LogP contribution is -2.37. The van der Waals surface area contributed by atoms with E-state index in [-0.39, 0.29) is 5.75 Å². The average molecular weight is 424 g/mol. The molecule has 6 heteroatoms. The Hall–Kier alpha value is -2.34. The number of nitrogens with two attached hydrogens (primary N) is 1. The highest BCUT2D eigenvalue weighted by Gasteiger charge is 2.21. The highest BCUT2D eigenvalue weighted by atomic mass is 35.5. The van der Waals surface area contributed by atoms with Crippen LogP contribution in [0.2, 0.25) is 5.02 Å². The highest BCUT2D eigenvalue weighted by molar-refractivity contribution is 6.32. The van der Waals surface area contributed by atoms with Gasteiger partial charge in [-0.2, -0.15) is 0 Å². The number of phenols is 1. The van der Waals surface area contributed by atoms with Gasteiger partial charge in [0.05, 0.1) is 16.2 Å². The number of halogens is 1. The molecule has 3 N–H and O–H groups in total. The summed E-state index contributed by atoms with van der Waals surface area (Å²) in [4.78, 5) is 9.22. The Morgan fingerprint density at radius 2 is 2.00 bits per heavy atom. The number of aromatic hydroxyl groups is 1. The summed E-state index contributed by atoms with van der Waals surface area (Å²) in [5, 5.41) is 11.4. The highest BCUT2D eigenvalue weighted by Crippen LogP contribution is 2.36. The molecule has 30 heavy (non-hydrogen) atoms. The van der Waals surface area contributed by atoms with Crippen molar-refractivity contribution in [3.63, 3.8) is 0 Å². The number of hydrogen-bond donors (Lipinski definition) is 2. The largest absolute Gasteiger partial charge is 0.506 e. The van der Waals surface area contributed by atoms with Crippen LogP contribution in [0.4, 0.5) is 5.69 Å². The normalized spacial score (nSPS) is 15.3. The second-order valence-corrected chi connectivity index (χ2v) is 8.75. The van der Waals surface area contributed by atoms with E-state index in [0.29, 0.717) is 11.6 Å². The first-order valence-electron chi connectivity index (χ1n) is 10.4. The molecule has 157 valence electrons. The van der Waals surface area contributed by atoms with Gasteiger partial charge in [0.2, 0.25) is 0 Å². The maximum Gasteiger partial charge on any atom is 0.134 e. The summed E-state index contributed by atoms with van der Waals surface area (Å²) in [7, 11) is 4.28. The van der Waals surface area contributed by atoms with E-state index in [4.69, 9.17) is 17.3 Å². The maximum atomic E-state index is 9.95. The van der Waals surface area contributed by atoms with Crippen molar-refractivity contribution in [2.45, 2.75) is 19.4 Å². The van der Waals surface area contributed by atoms with Gasteiger partial charge in [0.25, 0.3) is 0 Å². The van der Waals surface area contributed by atoms with Gasteiger partial charge >= 0.3 is 0 Å². The average Bonchev–Trinajstić information content (AvgIpc) is 2.74. The van der Waals surface area contributed by atoms with Crippen LogP contribution in [0, 0.1) is 12.0 Å².